The zero-order chi connectivity index (χ0) is 15.1. The predicted octanol–water partition coefficient (Wildman–Crippen LogP) is 1.73. The highest BCUT2D eigenvalue weighted by Gasteiger charge is 2.20. The van der Waals surface area contributed by atoms with Crippen LogP contribution in [0.2, 0.25) is 0 Å². The molecule has 0 fully saturated rings. The molecule has 6 nitrogen and oxygen atoms in total. The first-order valence-electron chi connectivity index (χ1n) is 5.91. The third-order valence-electron chi connectivity index (χ3n) is 2.57. The van der Waals surface area contributed by atoms with Crippen molar-refractivity contribution in [1.82, 2.24) is 5.32 Å². The highest BCUT2D eigenvalue weighted by molar-refractivity contribution is 14.1. The highest BCUT2D eigenvalue weighted by atomic mass is 127. The Hall–Kier alpha value is -1.64. The number of hydrogen-bond donors (Lipinski definition) is 3. The Morgan fingerprint density at radius 3 is 2.50 bits per heavy atom. The Morgan fingerprint density at radius 1 is 1.25 bits per heavy atom. The van der Waals surface area contributed by atoms with Gasteiger partial charge in [0.2, 0.25) is 0 Å². The molecule has 1 aromatic carbocycles. The van der Waals surface area contributed by atoms with Crippen LogP contribution in [0.5, 0.6) is 0 Å². The van der Waals surface area contributed by atoms with E-state index in [1.807, 2.05) is 6.07 Å². The number of hydrogen-bond acceptors (Lipinski definition) is 3. The van der Waals surface area contributed by atoms with E-state index in [0.29, 0.717) is 5.56 Å². The number of rotatable bonds is 7. The van der Waals surface area contributed by atoms with Crippen molar-refractivity contribution in [3.63, 3.8) is 0 Å². The summed E-state index contributed by atoms with van der Waals surface area (Å²) in [4.78, 5) is 33.4. The van der Waals surface area contributed by atoms with Crippen molar-refractivity contribution in [2.45, 2.75) is 25.3 Å². The van der Waals surface area contributed by atoms with E-state index in [1.54, 1.807) is 18.2 Å². The molecule has 0 saturated carbocycles. The van der Waals surface area contributed by atoms with E-state index in [9.17, 15) is 14.4 Å². The molecule has 0 bridgehead atoms. The smallest absolute Gasteiger partial charge is 0.326 e. The molecule has 0 radical (unpaired) electrons. The predicted molar refractivity (Wildman–Crippen MR) is 79.5 cm³/mol. The number of aliphatic carboxylic acids is 2. The molecule has 1 amide bonds. The fraction of sp³-hybridized carbons (Fsp3) is 0.308. The zero-order valence-corrected chi connectivity index (χ0v) is 12.7. The second-order valence-electron chi connectivity index (χ2n) is 4.16. The summed E-state index contributed by atoms with van der Waals surface area (Å²) in [6.07, 6.45) is 0.152. The van der Waals surface area contributed by atoms with Gasteiger partial charge in [0, 0.05) is 15.6 Å². The standard InChI is InChI=1S/C13H14INO5/c14-9-4-1-3-8(7-9)12(18)15-10(13(19)20)5-2-6-11(16)17/h1,3-4,7,10H,2,5-6H2,(H,15,18)(H,16,17)(H,19,20)/t10-/m1/s1. The Labute approximate surface area is 129 Å². The zero-order valence-electron chi connectivity index (χ0n) is 10.5. The van der Waals surface area contributed by atoms with Gasteiger partial charge in [-0.05, 0) is 53.6 Å². The van der Waals surface area contributed by atoms with Gasteiger partial charge in [-0.25, -0.2) is 4.79 Å². The number of amides is 1. The topological polar surface area (TPSA) is 104 Å². The lowest BCUT2D eigenvalue weighted by Crippen LogP contribution is -2.40. The maximum Gasteiger partial charge on any atom is 0.326 e. The first-order chi connectivity index (χ1) is 9.40. The second kappa shape index (κ2) is 7.83. The van der Waals surface area contributed by atoms with E-state index in [1.165, 1.54) is 0 Å². The summed E-state index contributed by atoms with van der Waals surface area (Å²) < 4.78 is 0.869. The van der Waals surface area contributed by atoms with Crippen LogP contribution in [0.25, 0.3) is 0 Å². The van der Waals surface area contributed by atoms with Gasteiger partial charge in [0.1, 0.15) is 6.04 Å². The molecule has 0 aliphatic rings. The molecule has 3 N–H and O–H groups in total. The van der Waals surface area contributed by atoms with Crippen molar-refractivity contribution in [2.75, 3.05) is 0 Å². The van der Waals surface area contributed by atoms with E-state index >= 15 is 0 Å². The first-order valence-corrected chi connectivity index (χ1v) is 6.99. The Morgan fingerprint density at radius 2 is 1.95 bits per heavy atom. The summed E-state index contributed by atoms with van der Waals surface area (Å²) in [6, 6.07) is 5.68. The SMILES string of the molecule is O=C(O)CCC[C@@H](NC(=O)c1cccc(I)c1)C(=O)O. The fourth-order valence-electron chi connectivity index (χ4n) is 1.59. The highest BCUT2D eigenvalue weighted by Crippen LogP contribution is 2.09. The lowest BCUT2D eigenvalue weighted by molar-refractivity contribution is -0.140. The number of halogens is 1. The van der Waals surface area contributed by atoms with E-state index in [2.05, 4.69) is 27.9 Å². The van der Waals surface area contributed by atoms with Gasteiger partial charge in [-0.2, -0.15) is 0 Å². The van der Waals surface area contributed by atoms with Crippen LogP contribution in [0, 0.1) is 3.57 Å². The van der Waals surface area contributed by atoms with Crippen LogP contribution < -0.4 is 5.32 Å². The van der Waals surface area contributed by atoms with E-state index in [0.717, 1.165) is 3.57 Å². The molecule has 0 aliphatic carbocycles. The van der Waals surface area contributed by atoms with Gasteiger partial charge in [-0.3, -0.25) is 9.59 Å². The van der Waals surface area contributed by atoms with Crippen LogP contribution in [0.3, 0.4) is 0 Å². The Kier molecular flexibility index (Phi) is 6.43. The number of nitrogens with one attached hydrogen (secondary N) is 1. The van der Waals surface area contributed by atoms with Crippen molar-refractivity contribution in [3.05, 3.63) is 33.4 Å². The third-order valence-corrected chi connectivity index (χ3v) is 3.24. The maximum atomic E-state index is 11.9. The largest absolute Gasteiger partial charge is 0.481 e. The van der Waals surface area contributed by atoms with Gasteiger partial charge in [0.05, 0.1) is 0 Å². The molecule has 0 saturated heterocycles. The van der Waals surface area contributed by atoms with Gasteiger partial charge in [0.25, 0.3) is 5.91 Å². The van der Waals surface area contributed by atoms with Crippen LogP contribution in [0.15, 0.2) is 24.3 Å². The van der Waals surface area contributed by atoms with E-state index in [-0.39, 0.29) is 19.3 Å². The van der Waals surface area contributed by atoms with Crippen molar-refractivity contribution in [3.8, 4) is 0 Å². The van der Waals surface area contributed by atoms with Crippen LogP contribution in [0.4, 0.5) is 0 Å². The average Bonchev–Trinajstić information content (AvgIpc) is 2.36. The minimum atomic E-state index is -1.17. The van der Waals surface area contributed by atoms with E-state index < -0.39 is 23.9 Å². The molecule has 0 heterocycles. The number of carboxylic acids is 2. The van der Waals surface area contributed by atoms with Crippen molar-refractivity contribution in [2.24, 2.45) is 0 Å². The number of benzene rings is 1. The van der Waals surface area contributed by atoms with Crippen LogP contribution in [0.1, 0.15) is 29.6 Å². The molecule has 0 spiro atoms. The molecule has 0 aromatic heterocycles. The lowest BCUT2D eigenvalue weighted by atomic mass is 10.1. The van der Waals surface area contributed by atoms with Crippen LogP contribution in [-0.2, 0) is 9.59 Å². The van der Waals surface area contributed by atoms with E-state index in [4.69, 9.17) is 10.2 Å². The number of carbonyl (C=O) groups is 3. The molecule has 1 aromatic rings. The Balaban J connectivity index is 2.63. The van der Waals surface area contributed by atoms with Crippen molar-refractivity contribution in [1.29, 1.82) is 0 Å². The molecule has 7 heteroatoms. The summed E-state index contributed by atoms with van der Waals surface area (Å²) in [5.41, 5.74) is 0.376. The van der Waals surface area contributed by atoms with Crippen LogP contribution >= 0.6 is 22.6 Å². The fourth-order valence-corrected chi connectivity index (χ4v) is 2.13. The molecule has 108 valence electrons. The van der Waals surface area contributed by atoms with Gasteiger partial charge < -0.3 is 15.5 Å². The Bertz CT molecular complexity index is 517. The second-order valence-corrected chi connectivity index (χ2v) is 5.41. The molecular formula is C13H14INO5. The summed E-state index contributed by atoms with van der Waals surface area (Å²) in [6.45, 7) is 0. The van der Waals surface area contributed by atoms with Gasteiger partial charge in [-0.15, -0.1) is 0 Å². The summed E-state index contributed by atoms with van der Waals surface area (Å²) in [7, 11) is 0. The summed E-state index contributed by atoms with van der Waals surface area (Å²) in [5.74, 6) is -2.64. The molecular weight excluding hydrogens is 377 g/mol. The molecule has 0 aliphatic heterocycles. The minimum Gasteiger partial charge on any atom is -0.481 e. The molecule has 1 rings (SSSR count). The minimum absolute atomic E-state index is 0.0807. The summed E-state index contributed by atoms with van der Waals surface area (Å²) in [5, 5.41) is 19.9. The van der Waals surface area contributed by atoms with Crippen molar-refractivity contribution < 1.29 is 24.6 Å². The molecule has 0 unspecified atom stereocenters. The quantitative estimate of drug-likeness (QED) is 0.615. The van der Waals surface area contributed by atoms with Gasteiger partial charge in [-0.1, -0.05) is 6.07 Å². The third kappa shape index (κ3) is 5.55. The summed E-state index contributed by atoms with van der Waals surface area (Å²) >= 11 is 2.05. The normalized spacial score (nSPS) is 11.7. The molecule has 1 atom stereocenters. The number of carbonyl (C=O) groups excluding carboxylic acids is 1. The monoisotopic (exact) mass is 391 g/mol. The van der Waals surface area contributed by atoms with Crippen molar-refractivity contribution >= 4 is 40.4 Å². The van der Waals surface area contributed by atoms with Crippen LogP contribution in [-0.4, -0.2) is 34.1 Å². The van der Waals surface area contributed by atoms with Gasteiger partial charge in [0.15, 0.2) is 0 Å². The number of carboxylic acid groups (broad SMARTS) is 2. The first kappa shape index (κ1) is 16.4. The lowest BCUT2D eigenvalue weighted by Gasteiger charge is -2.14. The maximum absolute atomic E-state index is 11.9. The van der Waals surface area contributed by atoms with Gasteiger partial charge >= 0.3 is 11.9 Å². The molecule has 20 heavy (non-hydrogen) atoms. The average molecular weight is 391 g/mol.